The predicted molar refractivity (Wildman–Crippen MR) is 134 cm³/mol. The van der Waals surface area contributed by atoms with Gasteiger partial charge in [-0.05, 0) is 58.7 Å². The topological polar surface area (TPSA) is 85.6 Å². The second-order valence-electron chi connectivity index (χ2n) is 7.32. The Labute approximate surface area is 194 Å². The number of aryl methyl sites for hydroxylation is 1. The minimum atomic E-state index is 0.403. The predicted octanol–water partition coefficient (Wildman–Crippen LogP) is 5.05. The quantitative estimate of drug-likeness (QED) is 0.161. The van der Waals surface area contributed by atoms with Gasteiger partial charge in [-0.25, -0.2) is 5.84 Å². The van der Waals surface area contributed by atoms with E-state index in [2.05, 4.69) is 78.7 Å². The fraction of sp³-hybridized carbons (Fsp3) is 0.148. The van der Waals surface area contributed by atoms with Crippen LogP contribution in [-0.2, 0) is 11.4 Å². The Hall–Kier alpha value is -4.03. The maximum absolute atomic E-state index is 8.94. The van der Waals surface area contributed by atoms with Gasteiger partial charge in [0.1, 0.15) is 18.1 Å². The van der Waals surface area contributed by atoms with E-state index in [-0.39, 0.29) is 0 Å². The highest BCUT2D eigenvalue weighted by atomic mass is 16.5. The molecular formula is C27H29N3O3. The van der Waals surface area contributed by atoms with Crippen LogP contribution >= 0.6 is 0 Å². The van der Waals surface area contributed by atoms with E-state index in [0.717, 1.165) is 28.3 Å². The third-order valence-electron chi connectivity index (χ3n) is 5.34. The average molecular weight is 444 g/mol. The summed E-state index contributed by atoms with van der Waals surface area (Å²) in [4.78, 5) is 8.94. The fourth-order valence-electron chi connectivity index (χ4n) is 3.75. The summed E-state index contributed by atoms with van der Waals surface area (Å²) in [6.45, 7) is 2.53. The van der Waals surface area contributed by atoms with Crippen molar-refractivity contribution in [1.29, 1.82) is 0 Å². The van der Waals surface area contributed by atoms with Crippen molar-refractivity contribution in [3.8, 4) is 22.6 Å². The van der Waals surface area contributed by atoms with Crippen LogP contribution in [0.2, 0.25) is 0 Å². The molecule has 33 heavy (non-hydrogen) atoms. The first-order valence-corrected chi connectivity index (χ1v) is 10.6. The maximum atomic E-state index is 8.94. The molecule has 6 nitrogen and oxygen atoms in total. The summed E-state index contributed by atoms with van der Waals surface area (Å²) < 4.78 is 11.7. The lowest BCUT2D eigenvalue weighted by Gasteiger charge is -2.16. The molecule has 0 aliphatic heterocycles. The van der Waals surface area contributed by atoms with Gasteiger partial charge in [-0.3, -0.25) is 10.2 Å². The number of carbonyl (C=O) groups is 1. The number of hydrazine groups is 1. The number of fused-ring (bicyclic) bond motifs is 1. The van der Waals surface area contributed by atoms with Gasteiger partial charge in [0.15, 0.2) is 0 Å². The van der Waals surface area contributed by atoms with E-state index >= 15 is 0 Å². The molecule has 0 radical (unpaired) electrons. The van der Waals surface area contributed by atoms with Crippen molar-refractivity contribution in [2.24, 2.45) is 5.84 Å². The molecule has 0 atom stereocenters. The molecule has 0 saturated carbocycles. The molecular weight excluding hydrogens is 414 g/mol. The number of ether oxygens (including phenoxy) is 2. The van der Waals surface area contributed by atoms with Crippen molar-refractivity contribution in [2.45, 2.75) is 13.5 Å². The molecule has 6 heteroatoms. The molecule has 0 aromatic heterocycles. The van der Waals surface area contributed by atoms with Crippen LogP contribution in [0.15, 0.2) is 78.9 Å². The van der Waals surface area contributed by atoms with E-state index in [1.165, 1.54) is 21.9 Å². The highest BCUT2D eigenvalue weighted by Gasteiger charge is 2.11. The molecule has 4 aromatic carbocycles. The Morgan fingerprint density at radius 3 is 2.36 bits per heavy atom. The van der Waals surface area contributed by atoms with Crippen LogP contribution in [0.1, 0.15) is 11.1 Å². The number of methoxy groups -OCH3 is 1. The molecule has 0 saturated heterocycles. The number of nitrogens with two attached hydrogens (primary N) is 1. The molecule has 0 bridgehead atoms. The third-order valence-corrected chi connectivity index (χ3v) is 5.34. The highest BCUT2D eigenvalue weighted by Crippen LogP contribution is 2.33. The number of benzene rings is 4. The van der Waals surface area contributed by atoms with E-state index in [4.69, 9.17) is 14.3 Å². The second-order valence-corrected chi connectivity index (χ2v) is 7.32. The molecule has 170 valence electrons. The van der Waals surface area contributed by atoms with Crippen LogP contribution in [0.25, 0.3) is 21.9 Å². The lowest BCUT2D eigenvalue weighted by molar-refractivity contribution is -0.109. The van der Waals surface area contributed by atoms with Gasteiger partial charge in [0, 0.05) is 12.7 Å². The Balaban J connectivity index is 0.000000709. The molecule has 0 unspecified atom stereocenters. The van der Waals surface area contributed by atoms with E-state index in [1.54, 1.807) is 12.5 Å². The Kier molecular flexibility index (Phi) is 8.27. The van der Waals surface area contributed by atoms with E-state index in [1.807, 2.05) is 25.2 Å². The van der Waals surface area contributed by atoms with Gasteiger partial charge in [-0.15, -0.1) is 0 Å². The molecule has 0 heterocycles. The summed E-state index contributed by atoms with van der Waals surface area (Å²) in [5, 5.41) is 5.72. The average Bonchev–Trinajstić information content (AvgIpc) is 2.87. The van der Waals surface area contributed by atoms with Crippen LogP contribution in [-0.4, -0.2) is 20.6 Å². The van der Waals surface area contributed by atoms with Gasteiger partial charge in [0.2, 0.25) is 6.41 Å². The normalized spacial score (nSPS) is 10.1. The van der Waals surface area contributed by atoms with Crippen molar-refractivity contribution >= 4 is 22.9 Å². The number of anilines is 1. The molecule has 0 fully saturated rings. The second kappa shape index (κ2) is 11.5. The molecule has 0 spiro atoms. The van der Waals surface area contributed by atoms with Crippen LogP contribution < -0.4 is 26.1 Å². The zero-order valence-electron chi connectivity index (χ0n) is 19.1. The lowest BCUT2D eigenvalue weighted by Crippen LogP contribution is -2.18. The van der Waals surface area contributed by atoms with Crippen LogP contribution in [0.3, 0.4) is 0 Å². The summed E-state index contributed by atoms with van der Waals surface area (Å²) in [6.07, 6.45) is 0.403. The van der Waals surface area contributed by atoms with Gasteiger partial charge >= 0.3 is 0 Å². The smallest absolute Gasteiger partial charge is 0.221 e. The van der Waals surface area contributed by atoms with Gasteiger partial charge in [-0.1, -0.05) is 54.6 Å². The summed E-state index contributed by atoms with van der Waals surface area (Å²) >= 11 is 0. The SMILES string of the molecule is CNc1cccc(OC)c1COc1ccc(-c2cccc3ccccc23)cc1C.NNC=O. The first kappa shape index (κ1) is 23.6. The van der Waals surface area contributed by atoms with Gasteiger partial charge < -0.3 is 14.8 Å². The van der Waals surface area contributed by atoms with E-state index in [0.29, 0.717) is 13.0 Å². The molecule has 4 rings (SSSR count). The van der Waals surface area contributed by atoms with Crippen molar-refractivity contribution in [1.82, 2.24) is 5.43 Å². The minimum Gasteiger partial charge on any atom is -0.496 e. The molecule has 4 aromatic rings. The lowest BCUT2D eigenvalue weighted by atomic mass is 9.97. The van der Waals surface area contributed by atoms with Gasteiger partial charge in [0.25, 0.3) is 0 Å². The Morgan fingerprint density at radius 1 is 0.939 bits per heavy atom. The van der Waals surface area contributed by atoms with Crippen molar-refractivity contribution in [3.05, 3.63) is 90.0 Å². The van der Waals surface area contributed by atoms with Crippen LogP contribution in [0.5, 0.6) is 11.5 Å². The molecule has 0 aliphatic carbocycles. The summed E-state index contributed by atoms with van der Waals surface area (Å²) in [5.41, 5.74) is 7.31. The van der Waals surface area contributed by atoms with Gasteiger partial charge in [0.05, 0.1) is 12.7 Å². The van der Waals surface area contributed by atoms with Crippen molar-refractivity contribution in [2.75, 3.05) is 19.5 Å². The largest absolute Gasteiger partial charge is 0.496 e. The zero-order chi connectivity index (χ0) is 23.6. The minimum absolute atomic E-state index is 0.403. The summed E-state index contributed by atoms with van der Waals surface area (Å²) in [6, 6.07) is 27.2. The van der Waals surface area contributed by atoms with Crippen molar-refractivity contribution < 1.29 is 14.3 Å². The maximum Gasteiger partial charge on any atom is 0.221 e. The zero-order valence-corrected chi connectivity index (χ0v) is 19.1. The number of hydrogen-bond acceptors (Lipinski definition) is 5. The number of rotatable bonds is 7. The monoisotopic (exact) mass is 443 g/mol. The number of hydrogen-bond donors (Lipinski definition) is 3. The first-order valence-electron chi connectivity index (χ1n) is 10.6. The first-order chi connectivity index (χ1) is 16.1. The van der Waals surface area contributed by atoms with Crippen LogP contribution in [0.4, 0.5) is 5.69 Å². The van der Waals surface area contributed by atoms with Crippen molar-refractivity contribution in [3.63, 3.8) is 0 Å². The van der Waals surface area contributed by atoms with E-state index in [9.17, 15) is 0 Å². The van der Waals surface area contributed by atoms with Gasteiger partial charge in [-0.2, -0.15) is 0 Å². The standard InChI is InChI=1S/C26H25NO2.CH4N2O/c1-18-16-20(22-11-6-9-19-8-4-5-10-21(19)22)14-15-25(18)29-17-23-24(27-2)12-7-13-26(23)28-3;2-3-1-4/h4-16,27H,17H2,1-3H3;1H,2H2,(H,3,4). The highest BCUT2D eigenvalue weighted by molar-refractivity contribution is 5.96. The summed E-state index contributed by atoms with van der Waals surface area (Å²) in [5.74, 6) is 6.11. The molecule has 4 N–H and O–H groups in total. The number of carbonyl (C=O) groups excluding carboxylic acids is 1. The third kappa shape index (κ3) is 5.61. The number of nitrogens with one attached hydrogen (secondary N) is 2. The summed E-state index contributed by atoms with van der Waals surface area (Å²) in [7, 11) is 3.59. The molecule has 1 amide bonds. The van der Waals surface area contributed by atoms with Crippen LogP contribution in [0, 0.1) is 6.92 Å². The molecule has 0 aliphatic rings. The fourth-order valence-corrected chi connectivity index (χ4v) is 3.75. The Morgan fingerprint density at radius 2 is 1.67 bits per heavy atom. The Bertz CT molecular complexity index is 1200. The number of amides is 1. The van der Waals surface area contributed by atoms with E-state index < -0.39 is 0 Å².